The second kappa shape index (κ2) is 13.5. The Hall–Kier alpha value is -4.78. The molecule has 6 heteroatoms. The first-order chi connectivity index (χ1) is 21.1. The molecule has 0 fully saturated rings. The van der Waals surface area contributed by atoms with Gasteiger partial charge in [0, 0.05) is 55.3 Å². The fourth-order valence-electron chi connectivity index (χ4n) is 4.56. The maximum absolute atomic E-state index is 3.90. The van der Waals surface area contributed by atoms with Gasteiger partial charge in [-0.15, -0.1) is 11.8 Å². The molecule has 5 aromatic carbocycles. The molecule has 0 aliphatic carbocycles. The second-order valence-electron chi connectivity index (χ2n) is 10.2. The number of benzene rings is 5. The van der Waals surface area contributed by atoms with Crippen molar-refractivity contribution in [2.75, 3.05) is 21.3 Å². The molecule has 212 valence electrons. The van der Waals surface area contributed by atoms with Gasteiger partial charge >= 0.3 is 0 Å². The van der Waals surface area contributed by atoms with E-state index in [-0.39, 0.29) is 0 Å². The van der Waals surface area contributed by atoms with Gasteiger partial charge in [0.25, 0.3) is 0 Å². The summed E-state index contributed by atoms with van der Waals surface area (Å²) in [6.45, 7) is 5.85. The molecule has 0 radical (unpaired) electrons. The zero-order valence-corrected chi connectivity index (χ0v) is 25.4. The quantitative estimate of drug-likeness (QED) is 0.129. The Bertz CT molecular complexity index is 1740. The lowest BCUT2D eigenvalue weighted by molar-refractivity contribution is 1.40. The molecule has 0 aromatic heterocycles. The van der Waals surface area contributed by atoms with Gasteiger partial charge in [0.2, 0.25) is 0 Å². The topological polar surface area (TPSA) is 48.1 Å². The molecular weight excluding hydrogens is 565 g/mol. The van der Waals surface area contributed by atoms with Crippen LogP contribution >= 0.6 is 23.5 Å². The molecule has 6 rings (SSSR count). The summed E-state index contributed by atoms with van der Waals surface area (Å²) < 4.78 is 0. The number of anilines is 7. The van der Waals surface area contributed by atoms with E-state index in [0.29, 0.717) is 0 Å². The van der Waals surface area contributed by atoms with E-state index in [1.165, 1.54) is 20.9 Å². The number of thioether (sulfide) groups is 2. The Morgan fingerprint density at radius 1 is 0.465 bits per heavy atom. The van der Waals surface area contributed by atoms with Gasteiger partial charge in [-0.05, 0) is 114 Å². The van der Waals surface area contributed by atoms with E-state index in [9.17, 15) is 0 Å². The number of allylic oxidation sites excluding steroid dienone is 1. The molecule has 1 aliphatic rings. The van der Waals surface area contributed by atoms with Gasteiger partial charge in [-0.2, -0.15) is 0 Å². The Balaban J connectivity index is 1.03. The van der Waals surface area contributed by atoms with Crippen LogP contribution in [-0.4, -0.2) is 0 Å². The van der Waals surface area contributed by atoms with E-state index in [4.69, 9.17) is 0 Å². The number of hydrogen-bond acceptors (Lipinski definition) is 6. The molecule has 4 N–H and O–H groups in total. The number of para-hydroxylation sites is 1. The molecule has 0 bridgehead atoms. The minimum atomic E-state index is 0.922. The summed E-state index contributed by atoms with van der Waals surface area (Å²) in [5.41, 5.74) is 10.7. The summed E-state index contributed by atoms with van der Waals surface area (Å²) in [4.78, 5) is 2.49. The SMILES string of the molecule is C=C(C)Nc1ccc(Nc2ccc(C3=CSC=C(c4ccc(Nc5ccc(Nc6ccccc6)cc5)cc4)S3)cc2)cc1. The van der Waals surface area contributed by atoms with E-state index in [0.717, 1.165) is 45.5 Å². The van der Waals surface area contributed by atoms with Gasteiger partial charge in [0.1, 0.15) is 0 Å². The lowest BCUT2D eigenvalue weighted by Gasteiger charge is -2.16. The molecule has 0 atom stereocenters. The van der Waals surface area contributed by atoms with Crippen LogP contribution < -0.4 is 21.3 Å². The summed E-state index contributed by atoms with van der Waals surface area (Å²) in [6, 6.07) is 44.0. The Morgan fingerprint density at radius 2 is 0.814 bits per heavy atom. The number of hydrogen-bond donors (Lipinski definition) is 4. The first-order valence-electron chi connectivity index (χ1n) is 14.0. The number of nitrogens with one attached hydrogen (secondary N) is 4. The fraction of sp³-hybridized carbons (Fsp3) is 0.0270. The maximum atomic E-state index is 3.90. The molecule has 4 nitrogen and oxygen atoms in total. The molecular formula is C37H32N4S2. The molecule has 1 heterocycles. The van der Waals surface area contributed by atoms with Gasteiger partial charge in [0.15, 0.2) is 0 Å². The van der Waals surface area contributed by atoms with Crippen LogP contribution in [0.5, 0.6) is 0 Å². The van der Waals surface area contributed by atoms with Gasteiger partial charge in [-0.25, -0.2) is 0 Å². The van der Waals surface area contributed by atoms with Crippen molar-refractivity contribution < 1.29 is 0 Å². The Kier molecular flexibility index (Phi) is 8.88. The van der Waals surface area contributed by atoms with E-state index in [1.54, 1.807) is 23.5 Å². The van der Waals surface area contributed by atoms with Gasteiger partial charge in [-0.1, -0.05) is 60.8 Å². The van der Waals surface area contributed by atoms with Crippen molar-refractivity contribution in [1.29, 1.82) is 0 Å². The minimum absolute atomic E-state index is 0.922. The summed E-state index contributed by atoms with van der Waals surface area (Å²) in [5.74, 6) is 0. The Labute approximate surface area is 262 Å². The third kappa shape index (κ3) is 7.74. The van der Waals surface area contributed by atoms with Crippen molar-refractivity contribution in [3.05, 3.63) is 162 Å². The molecule has 0 spiro atoms. The van der Waals surface area contributed by atoms with Crippen molar-refractivity contribution in [1.82, 2.24) is 0 Å². The molecule has 5 aromatic rings. The highest BCUT2D eigenvalue weighted by Gasteiger charge is 2.13. The summed E-state index contributed by atoms with van der Waals surface area (Å²) in [6.07, 6.45) is 0. The predicted molar refractivity (Wildman–Crippen MR) is 192 cm³/mol. The first-order valence-corrected chi connectivity index (χ1v) is 15.8. The highest BCUT2D eigenvalue weighted by Crippen LogP contribution is 2.45. The normalized spacial score (nSPS) is 12.5. The maximum Gasteiger partial charge on any atom is 0.0385 e. The van der Waals surface area contributed by atoms with E-state index in [1.807, 2.05) is 37.3 Å². The van der Waals surface area contributed by atoms with Crippen molar-refractivity contribution in [2.45, 2.75) is 6.92 Å². The lowest BCUT2D eigenvalue weighted by Crippen LogP contribution is -1.95. The molecule has 0 unspecified atom stereocenters. The second-order valence-corrected chi connectivity index (χ2v) is 12.0. The summed E-state index contributed by atoms with van der Waals surface area (Å²) in [5, 5.41) is 18.1. The van der Waals surface area contributed by atoms with Gasteiger partial charge in [0.05, 0.1) is 0 Å². The van der Waals surface area contributed by atoms with Crippen LogP contribution in [0.25, 0.3) is 9.81 Å². The average Bonchev–Trinajstić information content (AvgIpc) is 3.04. The summed E-state index contributed by atoms with van der Waals surface area (Å²) in [7, 11) is 0. The molecule has 43 heavy (non-hydrogen) atoms. The zero-order chi connectivity index (χ0) is 29.4. The van der Waals surface area contributed by atoms with Crippen LogP contribution in [0.1, 0.15) is 18.1 Å². The van der Waals surface area contributed by atoms with Crippen molar-refractivity contribution in [3.63, 3.8) is 0 Å². The van der Waals surface area contributed by atoms with Crippen LogP contribution in [-0.2, 0) is 0 Å². The number of rotatable bonds is 10. The smallest absolute Gasteiger partial charge is 0.0385 e. The van der Waals surface area contributed by atoms with E-state index < -0.39 is 0 Å². The zero-order valence-electron chi connectivity index (χ0n) is 23.8. The predicted octanol–water partition coefficient (Wildman–Crippen LogP) is 11.6. The monoisotopic (exact) mass is 596 g/mol. The average molecular weight is 597 g/mol. The first kappa shape index (κ1) is 28.3. The highest BCUT2D eigenvalue weighted by atomic mass is 32.2. The molecule has 0 saturated carbocycles. The molecule has 0 saturated heterocycles. The van der Waals surface area contributed by atoms with Crippen molar-refractivity contribution in [2.24, 2.45) is 0 Å². The van der Waals surface area contributed by atoms with Crippen LogP contribution in [0.3, 0.4) is 0 Å². The minimum Gasteiger partial charge on any atom is -0.360 e. The highest BCUT2D eigenvalue weighted by molar-refractivity contribution is 8.20. The van der Waals surface area contributed by atoms with Crippen molar-refractivity contribution in [3.8, 4) is 0 Å². The van der Waals surface area contributed by atoms with Gasteiger partial charge < -0.3 is 21.3 Å². The van der Waals surface area contributed by atoms with Crippen LogP contribution in [0, 0.1) is 0 Å². The molecule has 1 aliphatic heterocycles. The lowest BCUT2D eigenvalue weighted by atomic mass is 10.2. The summed E-state index contributed by atoms with van der Waals surface area (Å²) >= 11 is 3.53. The largest absolute Gasteiger partial charge is 0.360 e. The van der Waals surface area contributed by atoms with Gasteiger partial charge in [-0.3, -0.25) is 0 Å². The fourth-order valence-corrected chi connectivity index (χ4v) is 6.61. The third-order valence-corrected chi connectivity index (χ3v) is 8.87. The Morgan fingerprint density at radius 3 is 1.21 bits per heavy atom. The van der Waals surface area contributed by atoms with Crippen LogP contribution in [0.15, 0.2) is 150 Å². The van der Waals surface area contributed by atoms with E-state index in [2.05, 4.69) is 136 Å². The third-order valence-electron chi connectivity index (χ3n) is 6.68. The van der Waals surface area contributed by atoms with Crippen LogP contribution in [0.2, 0.25) is 0 Å². The molecule has 0 amide bonds. The standard InChI is InChI=1S/C37H32N4S2/c1-26(2)38-30-16-18-34(19-17-30)40-31-12-8-27(9-13-31)36-24-42-25-37(43-36)28-10-14-32(15-11-28)41-35-22-20-33(21-23-35)39-29-6-4-3-5-7-29/h3-25,38-41H,1H2,2H3. The van der Waals surface area contributed by atoms with Crippen molar-refractivity contribution >= 4 is 73.1 Å². The van der Waals surface area contributed by atoms with E-state index >= 15 is 0 Å². The van der Waals surface area contributed by atoms with Crippen LogP contribution in [0.4, 0.5) is 39.8 Å².